The van der Waals surface area contributed by atoms with Gasteiger partial charge in [0, 0.05) is 6.07 Å². The van der Waals surface area contributed by atoms with Gasteiger partial charge in [0.05, 0.1) is 19.6 Å². The monoisotopic (exact) mass is 695 g/mol. The van der Waals surface area contributed by atoms with E-state index in [1.165, 1.54) is 161 Å². The van der Waals surface area contributed by atoms with Crippen molar-refractivity contribution in [2.45, 2.75) is 200 Å². The molecule has 1 aromatic carbocycles. The van der Waals surface area contributed by atoms with Gasteiger partial charge >= 0.3 is 5.97 Å². The summed E-state index contributed by atoms with van der Waals surface area (Å²) in [5.41, 5.74) is 0.919. The van der Waals surface area contributed by atoms with Gasteiger partial charge in [-0.1, -0.05) is 185 Å². The topological polar surface area (TPSA) is 55.8 Å². The average molecular weight is 695 g/mol. The Balaban J connectivity index is 2.18. The summed E-state index contributed by atoms with van der Waals surface area (Å²) in [7, 11) is 0. The lowest BCUT2D eigenvalue weighted by atomic mass is 10.0. The maximum absolute atomic E-state index is 11.0. The third-order valence-corrected chi connectivity index (χ3v) is 9.39. The number of ether oxygens (including phenoxy) is 2. The zero-order valence-electron chi connectivity index (χ0n) is 32.8. The summed E-state index contributed by atoms with van der Waals surface area (Å²) in [6.07, 6.45) is 49.3. The minimum Gasteiger partial charge on any atom is -0.493 e. The van der Waals surface area contributed by atoms with E-state index >= 15 is 0 Å². The summed E-state index contributed by atoms with van der Waals surface area (Å²) >= 11 is 0. The second-order valence-corrected chi connectivity index (χ2v) is 14.3. The standard InChI is InChI=1S/C46H78O4/c1-3-5-7-9-11-13-15-17-19-21-23-25-27-29-31-33-38-49-44-40-43(36-35-37-46(47)48)41-45(42-44)50-39-34-32-30-28-26-24-22-20-18-16-14-12-10-8-6-4-2/h11,13,17,19,35-36,40-42H,3-10,12,14-16,18,20-34,37-39H2,1-2H3,(H,47,48)/b13-11-,19-17-,36-35+. The molecule has 0 radical (unpaired) electrons. The molecule has 4 nitrogen and oxygen atoms in total. The van der Waals surface area contributed by atoms with Crippen LogP contribution in [0.5, 0.6) is 11.5 Å². The van der Waals surface area contributed by atoms with E-state index in [2.05, 4.69) is 38.2 Å². The lowest BCUT2D eigenvalue weighted by Crippen LogP contribution is -2.01. The van der Waals surface area contributed by atoms with E-state index in [1.807, 2.05) is 24.3 Å². The molecule has 4 heteroatoms. The first kappa shape index (κ1) is 45.5. The average Bonchev–Trinajstić information content (AvgIpc) is 3.10. The molecular weight excluding hydrogens is 617 g/mol. The van der Waals surface area contributed by atoms with Gasteiger partial charge in [-0.2, -0.15) is 0 Å². The van der Waals surface area contributed by atoms with Crippen LogP contribution in [-0.2, 0) is 4.79 Å². The highest BCUT2D eigenvalue weighted by Gasteiger charge is 2.04. The number of allylic oxidation sites excluding steroid dienone is 4. The molecule has 0 aliphatic rings. The minimum absolute atomic E-state index is 0.00724. The molecule has 1 N–H and O–H groups in total. The third kappa shape index (κ3) is 31.5. The van der Waals surface area contributed by atoms with E-state index in [-0.39, 0.29) is 6.42 Å². The third-order valence-electron chi connectivity index (χ3n) is 9.39. The number of carboxylic acids is 1. The van der Waals surface area contributed by atoms with Crippen molar-refractivity contribution in [2.75, 3.05) is 13.2 Å². The van der Waals surface area contributed by atoms with Crippen LogP contribution in [0.4, 0.5) is 0 Å². The van der Waals surface area contributed by atoms with Crippen LogP contribution in [0.15, 0.2) is 48.6 Å². The van der Waals surface area contributed by atoms with E-state index in [9.17, 15) is 4.79 Å². The van der Waals surface area contributed by atoms with Crippen LogP contribution in [0.1, 0.15) is 206 Å². The number of rotatable bonds is 37. The zero-order chi connectivity index (χ0) is 36.0. The molecule has 0 bridgehead atoms. The molecule has 1 rings (SSSR count). The number of hydrogen-bond donors (Lipinski definition) is 1. The van der Waals surface area contributed by atoms with Gasteiger partial charge in [-0.25, -0.2) is 0 Å². The quantitative estimate of drug-likeness (QED) is 0.0556. The number of carboxylic acid groups (broad SMARTS) is 1. The molecule has 0 amide bonds. The van der Waals surface area contributed by atoms with Gasteiger partial charge in [0.25, 0.3) is 0 Å². The molecule has 286 valence electrons. The van der Waals surface area contributed by atoms with Gasteiger partial charge in [0.1, 0.15) is 11.5 Å². The molecule has 0 aromatic heterocycles. The molecular formula is C46H78O4. The van der Waals surface area contributed by atoms with Crippen molar-refractivity contribution < 1.29 is 19.4 Å². The highest BCUT2D eigenvalue weighted by molar-refractivity contribution is 5.70. The Morgan fingerprint density at radius 1 is 0.500 bits per heavy atom. The maximum atomic E-state index is 11.0. The Morgan fingerprint density at radius 2 is 0.880 bits per heavy atom. The van der Waals surface area contributed by atoms with Crippen molar-refractivity contribution in [1.29, 1.82) is 0 Å². The van der Waals surface area contributed by atoms with Crippen LogP contribution in [0.2, 0.25) is 0 Å². The molecule has 0 aliphatic carbocycles. The summed E-state index contributed by atoms with van der Waals surface area (Å²) < 4.78 is 12.3. The number of carbonyl (C=O) groups is 1. The smallest absolute Gasteiger partial charge is 0.307 e. The fraction of sp³-hybridized carbons (Fsp3) is 0.717. The lowest BCUT2D eigenvalue weighted by molar-refractivity contribution is -0.135. The van der Waals surface area contributed by atoms with Crippen molar-refractivity contribution >= 4 is 12.0 Å². The molecule has 0 spiro atoms. The number of hydrogen-bond acceptors (Lipinski definition) is 3. The fourth-order valence-electron chi connectivity index (χ4n) is 6.27. The van der Waals surface area contributed by atoms with Gasteiger partial charge in [-0.05, 0) is 62.6 Å². The van der Waals surface area contributed by atoms with Crippen LogP contribution >= 0.6 is 0 Å². The number of aliphatic carboxylic acids is 1. The molecule has 0 saturated heterocycles. The molecule has 0 aliphatic heterocycles. The Hall–Kier alpha value is -2.49. The van der Waals surface area contributed by atoms with E-state index < -0.39 is 5.97 Å². The summed E-state index contributed by atoms with van der Waals surface area (Å²) in [5.74, 6) is 0.772. The van der Waals surface area contributed by atoms with Crippen molar-refractivity contribution in [3.05, 3.63) is 54.1 Å². The normalized spacial score (nSPS) is 11.8. The van der Waals surface area contributed by atoms with Crippen LogP contribution in [0.25, 0.3) is 6.08 Å². The molecule has 0 atom stereocenters. The number of benzene rings is 1. The van der Waals surface area contributed by atoms with Gasteiger partial charge in [-0.3, -0.25) is 4.79 Å². The summed E-state index contributed by atoms with van der Waals surface area (Å²) in [5, 5.41) is 9.03. The Bertz CT molecular complexity index is 978. The van der Waals surface area contributed by atoms with Crippen molar-refractivity contribution in [3.8, 4) is 11.5 Å². The van der Waals surface area contributed by atoms with E-state index in [0.29, 0.717) is 13.2 Å². The molecule has 0 fully saturated rings. The van der Waals surface area contributed by atoms with E-state index in [4.69, 9.17) is 14.6 Å². The van der Waals surface area contributed by atoms with Crippen molar-refractivity contribution in [2.24, 2.45) is 0 Å². The Morgan fingerprint density at radius 3 is 1.32 bits per heavy atom. The largest absolute Gasteiger partial charge is 0.493 e. The van der Waals surface area contributed by atoms with E-state index in [0.717, 1.165) is 36.3 Å². The second kappa shape index (κ2) is 36.3. The zero-order valence-corrected chi connectivity index (χ0v) is 32.8. The molecule has 50 heavy (non-hydrogen) atoms. The van der Waals surface area contributed by atoms with Gasteiger partial charge in [0.15, 0.2) is 0 Å². The first-order valence-corrected chi connectivity index (χ1v) is 21.2. The van der Waals surface area contributed by atoms with Crippen LogP contribution < -0.4 is 9.47 Å². The molecule has 0 unspecified atom stereocenters. The molecule has 0 saturated carbocycles. The summed E-state index contributed by atoms with van der Waals surface area (Å²) in [4.78, 5) is 11.0. The molecule has 1 aromatic rings. The lowest BCUT2D eigenvalue weighted by Gasteiger charge is -2.12. The summed E-state index contributed by atoms with van der Waals surface area (Å²) in [6.45, 7) is 5.93. The SMILES string of the molecule is CCCCC/C=C\C/C=C\CCCCCCCCOc1cc(/C=C/CC(=O)O)cc(OCCCCCCCCCCCCCCCCCC)c1. The number of unbranched alkanes of at least 4 members (excludes halogenated alkanes) is 24. The van der Waals surface area contributed by atoms with Crippen molar-refractivity contribution in [3.63, 3.8) is 0 Å². The van der Waals surface area contributed by atoms with Crippen molar-refractivity contribution in [1.82, 2.24) is 0 Å². The highest BCUT2D eigenvalue weighted by atomic mass is 16.5. The first-order chi connectivity index (χ1) is 24.7. The summed E-state index contributed by atoms with van der Waals surface area (Å²) in [6, 6.07) is 5.95. The van der Waals surface area contributed by atoms with Crippen LogP contribution in [-0.4, -0.2) is 24.3 Å². The Kier molecular flexibility index (Phi) is 33.1. The van der Waals surface area contributed by atoms with Crippen LogP contribution in [0, 0.1) is 0 Å². The second-order valence-electron chi connectivity index (χ2n) is 14.3. The first-order valence-electron chi connectivity index (χ1n) is 21.2. The maximum Gasteiger partial charge on any atom is 0.307 e. The predicted molar refractivity (Wildman–Crippen MR) is 218 cm³/mol. The highest BCUT2D eigenvalue weighted by Crippen LogP contribution is 2.25. The van der Waals surface area contributed by atoms with Gasteiger partial charge < -0.3 is 14.6 Å². The predicted octanol–water partition coefficient (Wildman–Crippen LogP) is 15.0. The van der Waals surface area contributed by atoms with Crippen LogP contribution in [0.3, 0.4) is 0 Å². The molecule has 0 heterocycles. The van der Waals surface area contributed by atoms with E-state index in [1.54, 1.807) is 6.08 Å². The Labute approximate surface area is 309 Å². The van der Waals surface area contributed by atoms with Gasteiger partial charge in [-0.15, -0.1) is 0 Å². The van der Waals surface area contributed by atoms with Gasteiger partial charge in [0.2, 0.25) is 0 Å². The minimum atomic E-state index is -0.828. The fourth-order valence-corrected chi connectivity index (χ4v) is 6.27.